The van der Waals surface area contributed by atoms with Crippen molar-refractivity contribution >= 4 is 11.6 Å². The number of nitrogens with zero attached hydrogens (tertiary/aromatic N) is 3. The van der Waals surface area contributed by atoms with Crippen molar-refractivity contribution in [3.05, 3.63) is 76.5 Å². The Morgan fingerprint density at radius 3 is 2.20 bits per heavy atom. The summed E-state index contributed by atoms with van der Waals surface area (Å²) in [5, 5.41) is 7.76. The molecule has 0 bridgehead atoms. The second-order valence-corrected chi connectivity index (χ2v) is 8.63. The fourth-order valence-electron chi connectivity index (χ4n) is 3.50. The lowest BCUT2D eigenvalue weighted by Crippen LogP contribution is -2.17. The summed E-state index contributed by atoms with van der Waals surface area (Å²) in [6, 6.07) is 16.8. The van der Waals surface area contributed by atoms with Crippen molar-refractivity contribution in [2.75, 3.05) is 7.11 Å². The molecule has 0 radical (unpaired) electrons. The number of aromatic nitrogens is 4. The minimum absolute atomic E-state index is 0.274. The van der Waals surface area contributed by atoms with Crippen molar-refractivity contribution < 1.29 is 9.53 Å². The predicted molar refractivity (Wildman–Crippen MR) is 117 cm³/mol. The highest BCUT2D eigenvalue weighted by molar-refractivity contribution is 5.97. The molecule has 2 aromatic heterocycles. The van der Waals surface area contributed by atoms with E-state index in [1.807, 2.05) is 32.9 Å². The Labute approximate surface area is 175 Å². The van der Waals surface area contributed by atoms with E-state index in [2.05, 4.69) is 58.5 Å². The van der Waals surface area contributed by atoms with Crippen molar-refractivity contribution in [1.29, 1.82) is 0 Å². The Morgan fingerprint density at radius 2 is 1.63 bits per heavy atom. The number of aromatic amines is 1. The highest BCUT2D eigenvalue weighted by Gasteiger charge is 2.30. The molecule has 4 rings (SSSR count). The van der Waals surface area contributed by atoms with E-state index in [4.69, 9.17) is 4.74 Å². The van der Waals surface area contributed by atoms with Crippen LogP contribution in [0.3, 0.4) is 0 Å². The molecule has 0 saturated heterocycles. The number of carbonyl (C=O) groups is 1. The molecule has 6 heteroatoms. The van der Waals surface area contributed by atoms with Crippen LogP contribution in [-0.4, -0.2) is 32.9 Å². The normalized spacial score (nSPS) is 11.8. The summed E-state index contributed by atoms with van der Waals surface area (Å²) in [6.07, 6.45) is 0.874. The predicted octanol–water partition coefficient (Wildman–Crippen LogP) is 4.71. The Morgan fingerprint density at radius 1 is 1.03 bits per heavy atom. The molecule has 1 N–H and O–H groups in total. The number of fused-ring (bicyclic) bond motifs is 1. The molecule has 0 saturated carbocycles. The number of hydrogen-bond acceptors (Lipinski definition) is 4. The van der Waals surface area contributed by atoms with Crippen molar-refractivity contribution in [2.24, 2.45) is 0 Å². The van der Waals surface area contributed by atoms with Gasteiger partial charge in [-0.3, -0.25) is 5.10 Å². The van der Waals surface area contributed by atoms with E-state index in [-0.39, 0.29) is 5.41 Å². The summed E-state index contributed by atoms with van der Waals surface area (Å²) < 4.78 is 6.55. The molecule has 0 aliphatic rings. The average molecular weight is 402 g/mol. The van der Waals surface area contributed by atoms with E-state index in [1.54, 1.807) is 4.63 Å². The Hall–Kier alpha value is -3.41. The first kappa shape index (κ1) is 19.9. The highest BCUT2D eigenvalue weighted by Crippen LogP contribution is 2.29. The van der Waals surface area contributed by atoms with Crippen LogP contribution in [0, 0.1) is 6.92 Å². The fourth-order valence-corrected chi connectivity index (χ4v) is 3.50. The van der Waals surface area contributed by atoms with Crippen LogP contribution >= 0.6 is 0 Å². The molecular weight excluding hydrogens is 376 g/mol. The number of aryl methyl sites for hydroxylation is 1. The maximum atomic E-state index is 12.4. The van der Waals surface area contributed by atoms with Gasteiger partial charge in [0.2, 0.25) is 0 Å². The van der Waals surface area contributed by atoms with Crippen molar-refractivity contribution in [1.82, 2.24) is 19.8 Å². The lowest BCUT2D eigenvalue weighted by Gasteiger charge is -2.17. The van der Waals surface area contributed by atoms with E-state index in [0.717, 1.165) is 17.7 Å². The summed E-state index contributed by atoms with van der Waals surface area (Å²) in [7, 11) is 1.38. The monoisotopic (exact) mass is 402 g/mol. The Bertz CT molecular complexity index is 1190. The fraction of sp³-hybridized carbons (Fsp3) is 0.292. The molecule has 6 nitrogen and oxygen atoms in total. The molecule has 0 aliphatic heterocycles. The molecule has 0 atom stereocenters. The minimum atomic E-state index is -0.418. The molecule has 0 unspecified atom stereocenters. The van der Waals surface area contributed by atoms with Gasteiger partial charge in [0.15, 0.2) is 11.5 Å². The third-order valence-corrected chi connectivity index (χ3v) is 5.18. The quantitative estimate of drug-likeness (QED) is 0.502. The third-order valence-electron chi connectivity index (χ3n) is 5.18. The molecule has 154 valence electrons. The molecule has 4 aromatic rings. The van der Waals surface area contributed by atoms with Crippen LogP contribution in [0.15, 0.2) is 48.5 Å². The van der Waals surface area contributed by atoms with Gasteiger partial charge in [0.25, 0.3) is 0 Å². The third kappa shape index (κ3) is 3.73. The van der Waals surface area contributed by atoms with E-state index < -0.39 is 5.97 Å². The second kappa shape index (κ2) is 7.44. The largest absolute Gasteiger partial charge is 0.465 e. The number of H-pyrrole nitrogens is 1. The van der Waals surface area contributed by atoms with Gasteiger partial charge in [0, 0.05) is 11.0 Å². The van der Waals surface area contributed by atoms with Gasteiger partial charge in [-0.1, -0.05) is 74.9 Å². The van der Waals surface area contributed by atoms with Gasteiger partial charge >= 0.3 is 5.97 Å². The SMILES string of the molecule is COC(=O)c1c(C(C)(C)C)[nH]n2nc(-c3ccc(Cc4ccc(C)cc4)cc3)nc12. The number of carbonyl (C=O) groups excluding carboxylic acids is 1. The van der Waals surface area contributed by atoms with Crippen LogP contribution in [0.2, 0.25) is 0 Å². The maximum Gasteiger partial charge on any atom is 0.343 e. The number of methoxy groups -OCH3 is 1. The lowest BCUT2D eigenvalue weighted by molar-refractivity contribution is 0.0600. The molecule has 30 heavy (non-hydrogen) atoms. The van der Waals surface area contributed by atoms with E-state index in [9.17, 15) is 4.79 Å². The smallest absolute Gasteiger partial charge is 0.343 e. The summed E-state index contributed by atoms with van der Waals surface area (Å²) >= 11 is 0. The number of ether oxygens (including phenoxy) is 1. The van der Waals surface area contributed by atoms with Gasteiger partial charge in [-0.15, -0.1) is 5.10 Å². The minimum Gasteiger partial charge on any atom is -0.465 e. The molecule has 0 spiro atoms. The van der Waals surface area contributed by atoms with Crippen LogP contribution in [0.5, 0.6) is 0 Å². The van der Waals surface area contributed by atoms with Crippen LogP contribution in [0.1, 0.15) is 53.5 Å². The van der Waals surface area contributed by atoms with Gasteiger partial charge in [0.1, 0.15) is 5.56 Å². The van der Waals surface area contributed by atoms with Crippen molar-refractivity contribution in [2.45, 2.75) is 39.5 Å². The van der Waals surface area contributed by atoms with Gasteiger partial charge < -0.3 is 4.74 Å². The molecule has 0 amide bonds. The Kier molecular flexibility index (Phi) is 4.94. The van der Waals surface area contributed by atoms with Crippen LogP contribution < -0.4 is 0 Å². The number of rotatable bonds is 4. The van der Waals surface area contributed by atoms with Gasteiger partial charge in [0.05, 0.1) is 12.8 Å². The van der Waals surface area contributed by atoms with Crippen LogP contribution in [0.25, 0.3) is 17.0 Å². The Balaban J connectivity index is 1.65. The summed E-state index contributed by atoms with van der Waals surface area (Å²) in [5.41, 5.74) is 6.04. The molecular formula is C24H26N4O2. The first-order valence-corrected chi connectivity index (χ1v) is 9.98. The van der Waals surface area contributed by atoms with Gasteiger partial charge in [-0.05, 0) is 24.5 Å². The summed E-state index contributed by atoms with van der Waals surface area (Å²) in [5.74, 6) is 0.146. The van der Waals surface area contributed by atoms with E-state index in [1.165, 1.54) is 23.8 Å². The topological polar surface area (TPSA) is 72.3 Å². The first-order chi connectivity index (χ1) is 14.3. The maximum absolute atomic E-state index is 12.4. The first-order valence-electron chi connectivity index (χ1n) is 9.98. The standard InChI is InChI=1S/C24H26N4O2/c1-15-6-8-16(9-7-15)14-17-10-12-18(13-11-17)21-25-22-19(23(29)30-5)20(24(2,3)4)26-28(22)27-21/h6-13,26H,14H2,1-5H3. The van der Waals surface area contributed by atoms with Crippen LogP contribution in [-0.2, 0) is 16.6 Å². The van der Waals surface area contributed by atoms with Gasteiger partial charge in [-0.2, -0.15) is 4.63 Å². The van der Waals surface area contributed by atoms with E-state index >= 15 is 0 Å². The van der Waals surface area contributed by atoms with Crippen LogP contribution in [0.4, 0.5) is 0 Å². The molecule has 0 aliphatic carbocycles. The second-order valence-electron chi connectivity index (χ2n) is 8.63. The van der Waals surface area contributed by atoms with Crippen molar-refractivity contribution in [3.63, 3.8) is 0 Å². The zero-order valence-electron chi connectivity index (χ0n) is 18.0. The zero-order chi connectivity index (χ0) is 21.5. The molecule has 2 heterocycles. The number of hydrogen-bond donors (Lipinski definition) is 1. The van der Waals surface area contributed by atoms with Gasteiger partial charge in [-0.25, -0.2) is 9.78 Å². The number of benzene rings is 2. The summed E-state index contributed by atoms with van der Waals surface area (Å²) in [4.78, 5) is 17.0. The highest BCUT2D eigenvalue weighted by atomic mass is 16.5. The lowest BCUT2D eigenvalue weighted by atomic mass is 9.89. The number of nitrogens with one attached hydrogen (secondary N) is 1. The molecule has 2 aromatic carbocycles. The average Bonchev–Trinajstić information content (AvgIpc) is 3.28. The summed E-state index contributed by atoms with van der Waals surface area (Å²) in [6.45, 7) is 8.17. The molecule has 0 fully saturated rings. The number of esters is 1. The van der Waals surface area contributed by atoms with Crippen molar-refractivity contribution in [3.8, 4) is 11.4 Å². The zero-order valence-corrected chi connectivity index (χ0v) is 18.0. The van der Waals surface area contributed by atoms with E-state index in [0.29, 0.717) is 17.0 Å².